The summed E-state index contributed by atoms with van der Waals surface area (Å²) in [5.74, 6) is 2.59. The zero-order valence-electron chi connectivity index (χ0n) is 21.9. The molecule has 1 unspecified atom stereocenters. The summed E-state index contributed by atoms with van der Waals surface area (Å²) in [7, 11) is 1.73. The van der Waals surface area contributed by atoms with E-state index in [0.29, 0.717) is 18.3 Å². The van der Waals surface area contributed by atoms with Crippen LogP contribution in [0.5, 0.6) is 17.2 Å². The van der Waals surface area contributed by atoms with Crippen LogP contribution in [0.15, 0.2) is 60.7 Å². The maximum Gasteiger partial charge on any atom is 0.120 e. The molecule has 0 aliphatic heterocycles. The van der Waals surface area contributed by atoms with E-state index in [0.717, 1.165) is 63.4 Å². The summed E-state index contributed by atoms with van der Waals surface area (Å²) in [6.07, 6.45) is 4.19. The lowest BCUT2D eigenvalue weighted by Gasteiger charge is -2.32. The van der Waals surface area contributed by atoms with Crippen molar-refractivity contribution in [3.05, 3.63) is 82.9 Å². The monoisotopic (exact) mass is 488 g/mol. The summed E-state index contributed by atoms with van der Waals surface area (Å²) in [4.78, 5) is 2.44. The fourth-order valence-electron chi connectivity index (χ4n) is 5.10. The fraction of sp³-hybridized carbons (Fsp3) is 0.419. The number of nitrogens with one attached hydrogen (secondary N) is 1. The average Bonchev–Trinajstić information content (AvgIpc) is 2.91. The number of anilines is 1. The highest BCUT2D eigenvalue weighted by molar-refractivity contribution is 5.60. The van der Waals surface area contributed by atoms with E-state index in [-0.39, 0.29) is 0 Å². The van der Waals surface area contributed by atoms with E-state index in [1.807, 2.05) is 12.1 Å². The molecule has 192 valence electrons. The van der Waals surface area contributed by atoms with E-state index < -0.39 is 0 Å². The second kappa shape index (κ2) is 12.7. The Bertz CT molecular complexity index is 1110. The largest absolute Gasteiger partial charge is 0.508 e. The predicted molar refractivity (Wildman–Crippen MR) is 148 cm³/mol. The summed E-state index contributed by atoms with van der Waals surface area (Å²) in [5.41, 5.74) is 6.49. The molecule has 0 spiro atoms. The van der Waals surface area contributed by atoms with E-state index >= 15 is 0 Å². The van der Waals surface area contributed by atoms with Crippen molar-refractivity contribution in [3.8, 4) is 17.2 Å². The number of rotatable bonds is 12. The number of hydrogen-bond donors (Lipinski definition) is 2. The van der Waals surface area contributed by atoms with Crippen molar-refractivity contribution in [2.45, 2.75) is 52.0 Å². The number of methoxy groups -OCH3 is 1. The van der Waals surface area contributed by atoms with Crippen LogP contribution in [0.4, 0.5) is 5.69 Å². The molecule has 1 aliphatic rings. The molecular formula is C31H40N2O3. The molecule has 4 rings (SSSR count). The zero-order valence-corrected chi connectivity index (χ0v) is 21.9. The molecule has 5 nitrogen and oxygen atoms in total. The molecule has 5 heteroatoms. The van der Waals surface area contributed by atoms with Gasteiger partial charge in [-0.05, 0) is 97.7 Å². The van der Waals surface area contributed by atoms with Crippen LogP contribution >= 0.6 is 0 Å². The summed E-state index contributed by atoms with van der Waals surface area (Å²) in [6, 6.07) is 20.8. The number of phenols is 1. The number of nitrogens with zero attached hydrogens (tertiary/aromatic N) is 1. The number of benzene rings is 3. The van der Waals surface area contributed by atoms with Gasteiger partial charge in [0.2, 0.25) is 0 Å². The highest BCUT2D eigenvalue weighted by Gasteiger charge is 2.24. The second-order valence-electron chi connectivity index (χ2n) is 9.57. The van der Waals surface area contributed by atoms with Crippen molar-refractivity contribution in [1.82, 2.24) is 5.32 Å². The Balaban J connectivity index is 1.49. The third-order valence-corrected chi connectivity index (χ3v) is 7.09. The Kier molecular flexibility index (Phi) is 9.12. The van der Waals surface area contributed by atoms with Crippen molar-refractivity contribution < 1.29 is 14.6 Å². The maximum atomic E-state index is 9.88. The Hall–Kier alpha value is -3.18. The average molecular weight is 489 g/mol. The van der Waals surface area contributed by atoms with Crippen molar-refractivity contribution >= 4 is 5.69 Å². The second-order valence-corrected chi connectivity index (χ2v) is 9.57. The van der Waals surface area contributed by atoms with Crippen LogP contribution in [0.3, 0.4) is 0 Å². The first-order valence-electron chi connectivity index (χ1n) is 13.3. The van der Waals surface area contributed by atoms with E-state index in [2.05, 4.69) is 72.6 Å². The first-order chi connectivity index (χ1) is 17.6. The maximum absolute atomic E-state index is 9.88. The van der Waals surface area contributed by atoms with E-state index in [1.165, 1.54) is 27.9 Å². The number of fused-ring (bicyclic) bond motifs is 1. The summed E-state index contributed by atoms with van der Waals surface area (Å²) < 4.78 is 11.5. The summed E-state index contributed by atoms with van der Waals surface area (Å²) >= 11 is 0. The molecule has 0 amide bonds. The molecule has 0 heterocycles. The third-order valence-electron chi connectivity index (χ3n) is 7.09. The minimum Gasteiger partial charge on any atom is -0.508 e. The third kappa shape index (κ3) is 6.52. The predicted octanol–water partition coefficient (Wildman–Crippen LogP) is 6.08. The van der Waals surface area contributed by atoms with Gasteiger partial charge < -0.3 is 24.8 Å². The van der Waals surface area contributed by atoms with Gasteiger partial charge in [-0.15, -0.1) is 0 Å². The van der Waals surface area contributed by atoms with Crippen molar-refractivity contribution in [2.75, 3.05) is 38.3 Å². The van der Waals surface area contributed by atoms with Gasteiger partial charge in [0, 0.05) is 31.4 Å². The quantitative estimate of drug-likeness (QED) is 0.303. The number of ether oxygens (including phenoxy) is 2. The number of aryl methyl sites for hydroxylation is 1. The first-order valence-corrected chi connectivity index (χ1v) is 13.3. The molecule has 1 aliphatic carbocycles. The lowest BCUT2D eigenvalue weighted by atomic mass is 9.79. The van der Waals surface area contributed by atoms with Gasteiger partial charge in [-0.25, -0.2) is 0 Å². The van der Waals surface area contributed by atoms with Gasteiger partial charge >= 0.3 is 0 Å². The van der Waals surface area contributed by atoms with Gasteiger partial charge in [0.1, 0.15) is 23.9 Å². The molecule has 0 saturated carbocycles. The highest BCUT2D eigenvalue weighted by Crippen LogP contribution is 2.40. The standard InChI is InChI=1S/C31H40N2O3/c1-4-16-32-17-18-36-28-12-6-23(7-13-28)22-33(5-2)31-21-29(35-3)14-15-30(31)26-9-8-25-20-27(34)11-10-24(25)19-26/h6-7,10-15,20-21,26,32,34H,4-5,8-9,16-19,22H2,1-3H3. The van der Waals surface area contributed by atoms with Crippen LogP contribution in [-0.2, 0) is 19.4 Å². The normalized spacial score (nSPS) is 14.8. The van der Waals surface area contributed by atoms with Gasteiger partial charge in [-0.1, -0.05) is 31.2 Å². The molecule has 0 radical (unpaired) electrons. The molecule has 2 N–H and O–H groups in total. The van der Waals surface area contributed by atoms with E-state index in [9.17, 15) is 5.11 Å². The van der Waals surface area contributed by atoms with Crippen molar-refractivity contribution in [1.29, 1.82) is 0 Å². The van der Waals surface area contributed by atoms with Gasteiger partial charge in [0.25, 0.3) is 0 Å². The number of phenolic OH excluding ortho intramolecular Hbond substituents is 1. The highest BCUT2D eigenvalue weighted by atomic mass is 16.5. The van der Waals surface area contributed by atoms with Crippen LogP contribution in [0.1, 0.15) is 54.9 Å². The molecule has 0 saturated heterocycles. The molecular weight excluding hydrogens is 448 g/mol. The minimum atomic E-state index is 0.360. The van der Waals surface area contributed by atoms with Gasteiger partial charge in [-0.2, -0.15) is 0 Å². The number of hydrogen-bond acceptors (Lipinski definition) is 5. The van der Waals surface area contributed by atoms with Crippen LogP contribution in [0, 0.1) is 0 Å². The molecule has 1 atom stereocenters. The lowest BCUT2D eigenvalue weighted by Crippen LogP contribution is -2.25. The summed E-state index contributed by atoms with van der Waals surface area (Å²) in [6.45, 7) is 8.68. The van der Waals surface area contributed by atoms with Crippen molar-refractivity contribution in [3.63, 3.8) is 0 Å². The molecule has 0 aromatic heterocycles. The van der Waals surface area contributed by atoms with E-state index in [4.69, 9.17) is 9.47 Å². The fourth-order valence-corrected chi connectivity index (χ4v) is 5.10. The minimum absolute atomic E-state index is 0.360. The van der Waals surface area contributed by atoms with Gasteiger partial charge in [-0.3, -0.25) is 0 Å². The van der Waals surface area contributed by atoms with Crippen LogP contribution in [-0.4, -0.2) is 38.5 Å². The molecule has 0 bridgehead atoms. The molecule has 36 heavy (non-hydrogen) atoms. The van der Waals surface area contributed by atoms with Crippen LogP contribution in [0.2, 0.25) is 0 Å². The SMILES string of the molecule is CCCNCCOc1ccc(CN(CC)c2cc(OC)ccc2C2CCc3cc(O)ccc3C2)cc1. The smallest absolute Gasteiger partial charge is 0.120 e. The summed E-state index contributed by atoms with van der Waals surface area (Å²) in [5, 5.41) is 13.2. The first kappa shape index (κ1) is 25.9. The molecule has 0 fully saturated rings. The van der Waals surface area contributed by atoms with Crippen LogP contribution in [0.25, 0.3) is 0 Å². The molecule has 3 aromatic carbocycles. The van der Waals surface area contributed by atoms with Crippen molar-refractivity contribution in [2.24, 2.45) is 0 Å². The number of aromatic hydroxyl groups is 1. The Morgan fingerprint density at radius 3 is 2.50 bits per heavy atom. The lowest BCUT2D eigenvalue weighted by molar-refractivity contribution is 0.314. The van der Waals surface area contributed by atoms with E-state index in [1.54, 1.807) is 7.11 Å². The Morgan fingerprint density at radius 2 is 1.75 bits per heavy atom. The zero-order chi connectivity index (χ0) is 25.3. The molecule has 3 aromatic rings. The van der Waals surface area contributed by atoms with Gasteiger partial charge in [0.05, 0.1) is 7.11 Å². The van der Waals surface area contributed by atoms with Gasteiger partial charge in [0.15, 0.2) is 0 Å². The Morgan fingerprint density at radius 1 is 0.944 bits per heavy atom. The topological polar surface area (TPSA) is 54.0 Å². The van der Waals surface area contributed by atoms with Crippen LogP contribution < -0.4 is 19.7 Å². The Labute approximate surface area is 216 Å².